The summed E-state index contributed by atoms with van der Waals surface area (Å²) in [6.07, 6.45) is -1.47. The summed E-state index contributed by atoms with van der Waals surface area (Å²) in [7, 11) is 0. The highest BCUT2D eigenvalue weighted by molar-refractivity contribution is 5.16. The molecule has 2 saturated heterocycles. The van der Waals surface area contributed by atoms with Gasteiger partial charge in [0.2, 0.25) is 0 Å². The molecule has 0 bridgehead atoms. The molecule has 1 unspecified atom stereocenters. The molecule has 104 valence electrons. The molecule has 4 nitrogen and oxygen atoms in total. The normalized spacial score (nSPS) is 37.6. The summed E-state index contributed by atoms with van der Waals surface area (Å²) < 4.78 is 17.4. The van der Waals surface area contributed by atoms with Gasteiger partial charge in [-0.2, -0.15) is 0 Å². The number of aliphatic hydroxyl groups excluding tert-OH is 1. The van der Waals surface area contributed by atoms with E-state index in [9.17, 15) is 5.11 Å². The van der Waals surface area contributed by atoms with Gasteiger partial charge in [0.15, 0.2) is 6.29 Å². The van der Waals surface area contributed by atoms with Crippen molar-refractivity contribution in [2.75, 3.05) is 13.2 Å². The first-order valence-electron chi connectivity index (χ1n) is 6.69. The summed E-state index contributed by atoms with van der Waals surface area (Å²) in [6.45, 7) is 4.96. The van der Waals surface area contributed by atoms with Crippen LogP contribution in [-0.2, 0) is 14.2 Å². The predicted octanol–water partition coefficient (Wildman–Crippen LogP) is 1.89. The fourth-order valence-corrected chi connectivity index (χ4v) is 2.60. The summed E-state index contributed by atoms with van der Waals surface area (Å²) in [5.41, 5.74) is 0.677. The lowest BCUT2D eigenvalue weighted by Gasteiger charge is -2.48. The molecule has 0 aliphatic carbocycles. The summed E-state index contributed by atoms with van der Waals surface area (Å²) in [6, 6.07) is 9.78. The molecule has 1 aromatic carbocycles. The predicted molar refractivity (Wildman–Crippen MR) is 69.5 cm³/mol. The molecule has 0 saturated carbocycles. The van der Waals surface area contributed by atoms with E-state index in [0.29, 0.717) is 13.2 Å². The Morgan fingerprint density at radius 3 is 2.63 bits per heavy atom. The Bertz CT molecular complexity index is 431. The van der Waals surface area contributed by atoms with Crippen LogP contribution in [0.4, 0.5) is 0 Å². The van der Waals surface area contributed by atoms with Crippen LogP contribution in [0.3, 0.4) is 0 Å². The number of ether oxygens (including phenoxy) is 3. The largest absolute Gasteiger partial charge is 0.390 e. The second kappa shape index (κ2) is 4.87. The zero-order valence-electron chi connectivity index (χ0n) is 11.3. The summed E-state index contributed by atoms with van der Waals surface area (Å²) in [5.74, 6) is 0. The van der Waals surface area contributed by atoms with Crippen molar-refractivity contribution in [2.24, 2.45) is 5.41 Å². The van der Waals surface area contributed by atoms with Crippen LogP contribution in [0.5, 0.6) is 0 Å². The molecule has 2 heterocycles. The Balaban J connectivity index is 1.77. The zero-order valence-corrected chi connectivity index (χ0v) is 11.3. The molecule has 1 aromatic rings. The lowest BCUT2D eigenvalue weighted by molar-refractivity contribution is -0.318. The lowest BCUT2D eigenvalue weighted by atomic mass is 9.80. The van der Waals surface area contributed by atoms with E-state index in [1.54, 1.807) is 0 Å². The third-order valence-corrected chi connectivity index (χ3v) is 3.91. The number of hydrogen-bond acceptors (Lipinski definition) is 4. The molecule has 0 aromatic heterocycles. The molecule has 19 heavy (non-hydrogen) atoms. The average Bonchev–Trinajstić information content (AvgIpc) is 2.44. The summed E-state index contributed by atoms with van der Waals surface area (Å²) in [5, 5.41) is 10.4. The second-order valence-electron chi connectivity index (χ2n) is 5.96. The molecule has 3 rings (SSSR count). The molecule has 0 amide bonds. The lowest BCUT2D eigenvalue weighted by Crippen LogP contribution is -2.59. The SMILES string of the molecule is CC1(C)CO[C@@H]2CO[C@@H](c3ccccc3)OC2[C@H]1O. The summed E-state index contributed by atoms with van der Waals surface area (Å²) in [4.78, 5) is 0. The third kappa shape index (κ3) is 2.41. The van der Waals surface area contributed by atoms with Gasteiger partial charge in [0, 0.05) is 11.0 Å². The highest BCUT2D eigenvalue weighted by atomic mass is 16.7. The van der Waals surface area contributed by atoms with Crippen molar-refractivity contribution < 1.29 is 19.3 Å². The van der Waals surface area contributed by atoms with Crippen LogP contribution in [-0.4, -0.2) is 36.6 Å². The van der Waals surface area contributed by atoms with Crippen LogP contribution >= 0.6 is 0 Å². The molecule has 0 radical (unpaired) electrons. The topological polar surface area (TPSA) is 47.9 Å². The molecular weight excluding hydrogens is 244 g/mol. The van der Waals surface area contributed by atoms with Crippen LogP contribution in [0.2, 0.25) is 0 Å². The maximum absolute atomic E-state index is 10.4. The van der Waals surface area contributed by atoms with Gasteiger partial charge in [-0.15, -0.1) is 0 Å². The first kappa shape index (κ1) is 13.1. The minimum atomic E-state index is -0.540. The van der Waals surface area contributed by atoms with Gasteiger partial charge in [0.1, 0.15) is 12.2 Å². The van der Waals surface area contributed by atoms with E-state index in [1.807, 2.05) is 44.2 Å². The fraction of sp³-hybridized carbons (Fsp3) is 0.600. The number of aliphatic hydroxyl groups is 1. The highest BCUT2D eigenvalue weighted by Gasteiger charge is 2.48. The Hall–Kier alpha value is -0.940. The maximum atomic E-state index is 10.4. The van der Waals surface area contributed by atoms with E-state index < -0.39 is 12.4 Å². The van der Waals surface area contributed by atoms with Crippen LogP contribution in [0.25, 0.3) is 0 Å². The van der Waals surface area contributed by atoms with Gasteiger partial charge in [0.25, 0.3) is 0 Å². The number of benzene rings is 1. The van der Waals surface area contributed by atoms with E-state index in [0.717, 1.165) is 5.56 Å². The van der Waals surface area contributed by atoms with Crippen molar-refractivity contribution in [1.82, 2.24) is 0 Å². The molecule has 0 spiro atoms. The van der Waals surface area contributed by atoms with Gasteiger partial charge in [-0.3, -0.25) is 0 Å². The fourth-order valence-electron chi connectivity index (χ4n) is 2.60. The van der Waals surface area contributed by atoms with Gasteiger partial charge < -0.3 is 19.3 Å². The zero-order chi connectivity index (χ0) is 13.5. The molecular formula is C15H20O4. The van der Waals surface area contributed by atoms with Gasteiger partial charge in [-0.05, 0) is 0 Å². The third-order valence-electron chi connectivity index (χ3n) is 3.91. The van der Waals surface area contributed by atoms with Crippen LogP contribution < -0.4 is 0 Å². The van der Waals surface area contributed by atoms with Crippen molar-refractivity contribution in [3.8, 4) is 0 Å². The van der Waals surface area contributed by atoms with E-state index in [2.05, 4.69) is 0 Å². The van der Waals surface area contributed by atoms with Gasteiger partial charge in [-0.25, -0.2) is 0 Å². The Labute approximate surface area is 113 Å². The average molecular weight is 264 g/mol. The number of rotatable bonds is 1. The van der Waals surface area contributed by atoms with E-state index in [1.165, 1.54) is 0 Å². The van der Waals surface area contributed by atoms with E-state index in [4.69, 9.17) is 14.2 Å². The Morgan fingerprint density at radius 1 is 1.16 bits per heavy atom. The number of hydrogen-bond donors (Lipinski definition) is 1. The van der Waals surface area contributed by atoms with Crippen LogP contribution in [0.15, 0.2) is 30.3 Å². The highest BCUT2D eigenvalue weighted by Crippen LogP contribution is 2.38. The Morgan fingerprint density at radius 2 is 1.89 bits per heavy atom. The van der Waals surface area contributed by atoms with Crippen molar-refractivity contribution in [2.45, 2.75) is 38.4 Å². The number of fused-ring (bicyclic) bond motifs is 1. The van der Waals surface area contributed by atoms with Gasteiger partial charge in [0.05, 0.1) is 19.3 Å². The first-order valence-corrected chi connectivity index (χ1v) is 6.69. The van der Waals surface area contributed by atoms with Gasteiger partial charge in [-0.1, -0.05) is 44.2 Å². The molecule has 4 atom stereocenters. The molecule has 4 heteroatoms. The quantitative estimate of drug-likeness (QED) is 0.841. The monoisotopic (exact) mass is 264 g/mol. The van der Waals surface area contributed by atoms with Crippen molar-refractivity contribution >= 4 is 0 Å². The smallest absolute Gasteiger partial charge is 0.184 e. The van der Waals surface area contributed by atoms with Gasteiger partial charge >= 0.3 is 0 Å². The molecule has 1 N–H and O–H groups in total. The van der Waals surface area contributed by atoms with Crippen molar-refractivity contribution in [3.63, 3.8) is 0 Å². The maximum Gasteiger partial charge on any atom is 0.184 e. The minimum Gasteiger partial charge on any atom is -0.390 e. The van der Waals surface area contributed by atoms with Crippen LogP contribution in [0.1, 0.15) is 25.7 Å². The van der Waals surface area contributed by atoms with E-state index in [-0.39, 0.29) is 17.6 Å². The van der Waals surface area contributed by atoms with Crippen molar-refractivity contribution in [1.29, 1.82) is 0 Å². The first-order chi connectivity index (χ1) is 9.08. The molecule has 2 aliphatic heterocycles. The van der Waals surface area contributed by atoms with Crippen molar-refractivity contribution in [3.05, 3.63) is 35.9 Å². The minimum absolute atomic E-state index is 0.178. The Kier molecular flexibility index (Phi) is 3.35. The standard InChI is InChI=1S/C15H20O4/c1-15(2)9-18-11-8-17-14(19-12(11)13(15)16)10-6-4-3-5-7-10/h3-7,11-14,16H,8-9H2,1-2H3/t11-,12?,13-,14-/m1/s1. The second-order valence-corrected chi connectivity index (χ2v) is 5.96. The molecule has 2 fully saturated rings. The van der Waals surface area contributed by atoms with E-state index >= 15 is 0 Å². The molecule has 2 aliphatic rings. The van der Waals surface area contributed by atoms with Crippen LogP contribution in [0, 0.1) is 5.41 Å². The summed E-state index contributed by atoms with van der Waals surface area (Å²) >= 11 is 0.